The van der Waals surface area contributed by atoms with E-state index in [2.05, 4.69) is 4.90 Å². The van der Waals surface area contributed by atoms with Crippen molar-refractivity contribution in [3.63, 3.8) is 0 Å². The van der Waals surface area contributed by atoms with E-state index in [0.717, 1.165) is 44.5 Å². The van der Waals surface area contributed by atoms with Crippen LogP contribution in [0.5, 0.6) is 0 Å². The maximum atomic E-state index is 13.5. The zero-order valence-corrected chi connectivity index (χ0v) is 13.3. The Labute approximate surface area is 136 Å². The lowest BCUT2D eigenvalue weighted by molar-refractivity contribution is -0.153. The van der Waals surface area contributed by atoms with Crippen molar-refractivity contribution in [3.8, 4) is 0 Å². The molecule has 5 heteroatoms. The highest BCUT2D eigenvalue weighted by atomic mass is 19.1. The Morgan fingerprint density at radius 1 is 1.26 bits per heavy atom. The Morgan fingerprint density at radius 2 is 2.13 bits per heavy atom. The van der Waals surface area contributed by atoms with E-state index in [9.17, 15) is 9.18 Å². The molecule has 0 N–H and O–H groups in total. The van der Waals surface area contributed by atoms with Gasteiger partial charge in [0.1, 0.15) is 11.4 Å². The molecule has 1 aliphatic carbocycles. The monoisotopic (exact) mass is 318 g/mol. The molecule has 124 valence electrons. The molecule has 1 spiro atoms. The lowest BCUT2D eigenvalue weighted by Crippen LogP contribution is -2.61. The van der Waals surface area contributed by atoms with Gasteiger partial charge in [0.25, 0.3) is 0 Å². The van der Waals surface area contributed by atoms with E-state index in [1.54, 1.807) is 12.1 Å². The van der Waals surface area contributed by atoms with E-state index < -0.39 is 0 Å². The minimum Gasteiger partial charge on any atom is -0.369 e. The summed E-state index contributed by atoms with van der Waals surface area (Å²) in [4.78, 5) is 16.6. The van der Waals surface area contributed by atoms with Crippen molar-refractivity contribution < 1.29 is 13.9 Å². The molecule has 0 aromatic heterocycles. The third-order valence-electron chi connectivity index (χ3n) is 5.20. The largest absolute Gasteiger partial charge is 0.369 e. The van der Waals surface area contributed by atoms with Gasteiger partial charge in [-0.3, -0.25) is 4.79 Å². The van der Waals surface area contributed by atoms with Crippen LogP contribution in [-0.2, 0) is 9.53 Å². The van der Waals surface area contributed by atoms with Gasteiger partial charge in [0.2, 0.25) is 5.91 Å². The number of amides is 1. The number of carbonyl (C=O) groups excluding carboxylic acids is 1. The summed E-state index contributed by atoms with van der Waals surface area (Å²) in [5.74, 6) is 0.348. The summed E-state index contributed by atoms with van der Waals surface area (Å²) in [6, 6.07) is 6.74. The topological polar surface area (TPSA) is 32.8 Å². The van der Waals surface area contributed by atoms with Crippen LogP contribution in [0.2, 0.25) is 0 Å². The molecule has 0 radical (unpaired) electrons. The van der Waals surface area contributed by atoms with Crippen LogP contribution in [0.15, 0.2) is 24.3 Å². The molecule has 3 fully saturated rings. The molecule has 4 rings (SSSR count). The number of anilines is 1. The van der Waals surface area contributed by atoms with E-state index in [-0.39, 0.29) is 17.3 Å². The number of ether oxygens (including phenoxy) is 1. The van der Waals surface area contributed by atoms with Crippen molar-refractivity contribution in [2.24, 2.45) is 5.92 Å². The number of hydrogen-bond acceptors (Lipinski definition) is 3. The van der Waals surface area contributed by atoms with E-state index >= 15 is 0 Å². The first kappa shape index (κ1) is 14.9. The van der Waals surface area contributed by atoms with Crippen LogP contribution < -0.4 is 4.90 Å². The number of hydrogen-bond donors (Lipinski definition) is 0. The van der Waals surface area contributed by atoms with Gasteiger partial charge in [-0.15, -0.1) is 0 Å². The van der Waals surface area contributed by atoms with Crippen molar-refractivity contribution in [2.75, 3.05) is 37.7 Å². The van der Waals surface area contributed by atoms with Crippen LogP contribution >= 0.6 is 0 Å². The fourth-order valence-corrected chi connectivity index (χ4v) is 3.86. The first-order valence-corrected chi connectivity index (χ1v) is 8.59. The minimum atomic E-state index is -0.298. The Hall–Kier alpha value is -1.62. The molecular formula is C18H23FN2O2. The SMILES string of the molecule is O=C(C1CC1)N1CCOC2(CCCN(c3cccc(F)c3)C2)C1. The maximum Gasteiger partial charge on any atom is 0.225 e. The quantitative estimate of drug-likeness (QED) is 0.840. The van der Waals surface area contributed by atoms with Gasteiger partial charge in [-0.1, -0.05) is 6.07 Å². The van der Waals surface area contributed by atoms with Crippen LogP contribution in [0.1, 0.15) is 25.7 Å². The fraction of sp³-hybridized carbons (Fsp3) is 0.611. The average molecular weight is 318 g/mol. The molecule has 2 saturated heterocycles. The van der Waals surface area contributed by atoms with Crippen molar-refractivity contribution >= 4 is 11.6 Å². The van der Waals surface area contributed by atoms with Crippen LogP contribution in [0, 0.1) is 11.7 Å². The van der Waals surface area contributed by atoms with Gasteiger partial charge in [0.05, 0.1) is 13.2 Å². The predicted molar refractivity (Wildman–Crippen MR) is 85.8 cm³/mol. The summed E-state index contributed by atoms with van der Waals surface area (Å²) in [5.41, 5.74) is 0.603. The van der Waals surface area contributed by atoms with Crippen molar-refractivity contribution in [3.05, 3.63) is 30.1 Å². The van der Waals surface area contributed by atoms with E-state index in [1.165, 1.54) is 6.07 Å². The second kappa shape index (κ2) is 5.78. The second-order valence-electron chi connectivity index (χ2n) is 7.07. The summed E-state index contributed by atoms with van der Waals surface area (Å²) >= 11 is 0. The van der Waals surface area contributed by atoms with Gasteiger partial charge in [-0.2, -0.15) is 0 Å². The summed E-state index contributed by atoms with van der Waals surface area (Å²) in [5, 5.41) is 0. The van der Waals surface area contributed by atoms with E-state index in [1.807, 2.05) is 11.0 Å². The number of halogens is 1. The third kappa shape index (κ3) is 3.07. The van der Waals surface area contributed by atoms with E-state index in [0.29, 0.717) is 25.6 Å². The van der Waals surface area contributed by atoms with Crippen LogP contribution in [0.4, 0.5) is 10.1 Å². The second-order valence-corrected chi connectivity index (χ2v) is 7.07. The van der Waals surface area contributed by atoms with E-state index in [4.69, 9.17) is 4.74 Å². The lowest BCUT2D eigenvalue weighted by Gasteiger charge is -2.48. The summed E-state index contributed by atoms with van der Waals surface area (Å²) in [7, 11) is 0. The Bertz CT molecular complexity index is 600. The standard InChI is InChI=1S/C18H23FN2O2/c19-15-3-1-4-16(11-15)20-8-2-7-18(12-20)13-21(9-10-23-18)17(22)14-5-6-14/h1,3-4,11,14H,2,5-10,12-13H2. The maximum absolute atomic E-state index is 13.5. The molecule has 2 aliphatic heterocycles. The van der Waals surface area contributed by atoms with Crippen LogP contribution in [-0.4, -0.2) is 49.2 Å². The molecule has 1 saturated carbocycles. The van der Waals surface area contributed by atoms with Gasteiger partial charge in [-0.25, -0.2) is 4.39 Å². The van der Waals surface area contributed by atoms with Crippen molar-refractivity contribution in [2.45, 2.75) is 31.3 Å². The fourth-order valence-electron chi connectivity index (χ4n) is 3.86. The Kier molecular flexibility index (Phi) is 3.76. The number of nitrogens with zero attached hydrogens (tertiary/aromatic N) is 2. The smallest absolute Gasteiger partial charge is 0.225 e. The van der Waals surface area contributed by atoms with Gasteiger partial charge in [0.15, 0.2) is 0 Å². The molecule has 23 heavy (non-hydrogen) atoms. The molecule has 4 nitrogen and oxygen atoms in total. The van der Waals surface area contributed by atoms with Crippen molar-refractivity contribution in [1.82, 2.24) is 4.90 Å². The number of carbonyl (C=O) groups is 1. The molecule has 1 atom stereocenters. The highest BCUT2D eigenvalue weighted by Gasteiger charge is 2.44. The number of piperidine rings is 1. The highest BCUT2D eigenvalue weighted by Crippen LogP contribution is 2.35. The van der Waals surface area contributed by atoms with Crippen LogP contribution in [0.3, 0.4) is 0 Å². The average Bonchev–Trinajstić information content (AvgIpc) is 3.39. The third-order valence-corrected chi connectivity index (χ3v) is 5.20. The first-order valence-electron chi connectivity index (χ1n) is 8.59. The minimum absolute atomic E-state index is 0.211. The van der Waals surface area contributed by atoms with Gasteiger partial charge in [-0.05, 0) is 43.9 Å². The predicted octanol–water partition coefficient (Wildman–Crippen LogP) is 2.43. The summed E-state index contributed by atoms with van der Waals surface area (Å²) in [6.45, 7) is 3.62. The molecule has 2 heterocycles. The lowest BCUT2D eigenvalue weighted by atomic mass is 9.90. The van der Waals surface area contributed by atoms with Crippen molar-refractivity contribution in [1.29, 1.82) is 0 Å². The summed E-state index contributed by atoms with van der Waals surface area (Å²) < 4.78 is 19.6. The number of morpholine rings is 1. The zero-order chi connectivity index (χ0) is 15.9. The first-order chi connectivity index (χ1) is 11.2. The van der Waals surface area contributed by atoms with Gasteiger partial charge in [0, 0.05) is 31.2 Å². The normalized spacial score (nSPS) is 28.2. The molecule has 3 aliphatic rings. The zero-order valence-electron chi connectivity index (χ0n) is 13.3. The van der Waals surface area contributed by atoms with Crippen LogP contribution in [0.25, 0.3) is 0 Å². The van der Waals surface area contributed by atoms with Gasteiger partial charge >= 0.3 is 0 Å². The highest BCUT2D eigenvalue weighted by molar-refractivity contribution is 5.81. The molecule has 1 amide bonds. The molecule has 0 bridgehead atoms. The Balaban J connectivity index is 1.50. The summed E-state index contributed by atoms with van der Waals surface area (Å²) in [6.07, 6.45) is 4.05. The Morgan fingerprint density at radius 3 is 2.91 bits per heavy atom. The molecular weight excluding hydrogens is 295 g/mol. The number of benzene rings is 1. The molecule has 1 unspecified atom stereocenters. The molecule has 1 aromatic rings. The van der Waals surface area contributed by atoms with Gasteiger partial charge < -0.3 is 14.5 Å². The number of rotatable bonds is 2. The molecule has 1 aromatic carbocycles.